The molecule has 1 fully saturated rings. The highest BCUT2D eigenvalue weighted by atomic mass is 19.1. The van der Waals surface area contributed by atoms with Crippen LogP contribution in [-0.4, -0.2) is 18.3 Å². The topological polar surface area (TPSA) is 67.5 Å². The summed E-state index contributed by atoms with van der Waals surface area (Å²) in [5.41, 5.74) is 8.33. The number of rotatable bonds is 3. The lowest BCUT2D eigenvalue weighted by atomic mass is 9.83. The van der Waals surface area contributed by atoms with Crippen LogP contribution in [0.15, 0.2) is 40.5 Å². The van der Waals surface area contributed by atoms with Gasteiger partial charge in [-0.15, -0.1) is 0 Å². The van der Waals surface area contributed by atoms with Crippen molar-refractivity contribution in [3.8, 4) is 0 Å². The highest BCUT2D eigenvalue weighted by Crippen LogP contribution is 2.32. The fraction of sp³-hybridized carbons (Fsp3) is 0.375. The van der Waals surface area contributed by atoms with Gasteiger partial charge in [0, 0.05) is 30.2 Å². The number of carbonyl (C=O) groups excluding carboxylic acids is 1. The number of piperidine rings is 1. The van der Waals surface area contributed by atoms with E-state index in [0.29, 0.717) is 24.5 Å². The minimum Gasteiger partial charge on any atom is -0.402 e. The lowest BCUT2D eigenvalue weighted by Gasteiger charge is -2.28. The molecule has 1 atom stereocenters. The first-order chi connectivity index (χ1) is 10.0. The van der Waals surface area contributed by atoms with Crippen LogP contribution in [-0.2, 0) is 4.79 Å². The van der Waals surface area contributed by atoms with Crippen LogP contribution in [0, 0.1) is 5.82 Å². The molecule has 2 rings (SSSR count). The standard InChI is InChI=1S/C16H20FN3O/c1-3-8-19-16-15(10(2)18)13(9-14(21)20-16)11-4-6-12(17)7-5-11/h4-7,13H,3,8-9,18H2,1-2H3,(H,19,20,21)/b15-10-. The summed E-state index contributed by atoms with van der Waals surface area (Å²) in [6.07, 6.45) is 1.18. The number of amides is 1. The number of nitrogens with two attached hydrogens (primary N) is 1. The molecule has 112 valence electrons. The summed E-state index contributed by atoms with van der Waals surface area (Å²) in [6.45, 7) is 4.44. The van der Waals surface area contributed by atoms with Gasteiger partial charge in [0.25, 0.3) is 0 Å². The number of carbonyl (C=O) groups is 1. The first kappa shape index (κ1) is 15.2. The van der Waals surface area contributed by atoms with Crippen LogP contribution >= 0.6 is 0 Å². The highest BCUT2D eigenvalue weighted by molar-refractivity contribution is 6.12. The van der Waals surface area contributed by atoms with Gasteiger partial charge < -0.3 is 11.1 Å². The molecule has 3 N–H and O–H groups in total. The number of halogens is 1. The first-order valence-corrected chi connectivity index (χ1v) is 7.09. The maximum absolute atomic E-state index is 13.1. The van der Waals surface area contributed by atoms with Gasteiger partial charge in [0.1, 0.15) is 11.7 Å². The number of benzene rings is 1. The molecule has 1 amide bonds. The third kappa shape index (κ3) is 3.48. The fourth-order valence-electron chi connectivity index (χ4n) is 2.49. The number of hydrogen-bond acceptors (Lipinski definition) is 3. The maximum atomic E-state index is 13.1. The van der Waals surface area contributed by atoms with E-state index in [1.165, 1.54) is 12.1 Å². The lowest BCUT2D eigenvalue weighted by Crippen LogP contribution is -2.41. The van der Waals surface area contributed by atoms with E-state index in [1.54, 1.807) is 19.1 Å². The highest BCUT2D eigenvalue weighted by Gasteiger charge is 2.31. The third-order valence-electron chi connectivity index (χ3n) is 3.44. The van der Waals surface area contributed by atoms with Gasteiger partial charge in [-0.1, -0.05) is 19.1 Å². The van der Waals surface area contributed by atoms with E-state index in [1.807, 2.05) is 6.92 Å². The molecule has 4 nitrogen and oxygen atoms in total. The molecule has 1 aromatic rings. The van der Waals surface area contributed by atoms with E-state index >= 15 is 0 Å². The molecule has 0 bridgehead atoms. The Morgan fingerprint density at radius 2 is 2.10 bits per heavy atom. The van der Waals surface area contributed by atoms with Crippen LogP contribution < -0.4 is 11.1 Å². The lowest BCUT2D eigenvalue weighted by molar-refractivity contribution is -0.120. The van der Waals surface area contributed by atoms with Crippen LogP contribution in [0.3, 0.4) is 0 Å². The second-order valence-electron chi connectivity index (χ2n) is 5.18. The Morgan fingerprint density at radius 3 is 2.67 bits per heavy atom. The molecule has 0 spiro atoms. The normalized spacial score (nSPS) is 23.1. The summed E-state index contributed by atoms with van der Waals surface area (Å²) in [5, 5.41) is 2.79. The van der Waals surface area contributed by atoms with Crippen LogP contribution in [0.1, 0.15) is 38.2 Å². The Bertz CT molecular complexity index is 586. The summed E-state index contributed by atoms with van der Waals surface area (Å²) < 4.78 is 13.1. The minimum absolute atomic E-state index is 0.0934. The average Bonchev–Trinajstić information content (AvgIpc) is 2.44. The van der Waals surface area contributed by atoms with Gasteiger partial charge >= 0.3 is 0 Å². The van der Waals surface area contributed by atoms with Crippen molar-refractivity contribution in [2.24, 2.45) is 10.7 Å². The van der Waals surface area contributed by atoms with Gasteiger partial charge in [-0.2, -0.15) is 0 Å². The van der Waals surface area contributed by atoms with Crippen molar-refractivity contribution in [1.29, 1.82) is 0 Å². The number of amidine groups is 1. The van der Waals surface area contributed by atoms with Crippen molar-refractivity contribution >= 4 is 11.7 Å². The van der Waals surface area contributed by atoms with Crippen molar-refractivity contribution in [3.63, 3.8) is 0 Å². The Labute approximate surface area is 123 Å². The maximum Gasteiger partial charge on any atom is 0.226 e. The van der Waals surface area contributed by atoms with Crippen LogP contribution in [0.25, 0.3) is 0 Å². The minimum atomic E-state index is -0.297. The van der Waals surface area contributed by atoms with Crippen LogP contribution in [0.2, 0.25) is 0 Å². The summed E-state index contributed by atoms with van der Waals surface area (Å²) in [6, 6.07) is 6.18. The molecule has 1 aliphatic heterocycles. The van der Waals surface area contributed by atoms with E-state index in [9.17, 15) is 9.18 Å². The van der Waals surface area contributed by atoms with E-state index in [0.717, 1.165) is 17.6 Å². The first-order valence-electron chi connectivity index (χ1n) is 7.09. The summed E-state index contributed by atoms with van der Waals surface area (Å²) in [5.74, 6) is -0.0274. The number of allylic oxidation sites excluding steroid dienone is 1. The summed E-state index contributed by atoms with van der Waals surface area (Å²) in [7, 11) is 0. The molecule has 21 heavy (non-hydrogen) atoms. The van der Waals surface area contributed by atoms with E-state index < -0.39 is 0 Å². The quantitative estimate of drug-likeness (QED) is 0.897. The van der Waals surface area contributed by atoms with Gasteiger partial charge in [-0.3, -0.25) is 9.79 Å². The van der Waals surface area contributed by atoms with E-state index in [2.05, 4.69) is 10.3 Å². The van der Waals surface area contributed by atoms with Gasteiger partial charge in [0.2, 0.25) is 5.91 Å². The van der Waals surface area contributed by atoms with Crippen molar-refractivity contribution in [2.45, 2.75) is 32.6 Å². The Kier molecular flexibility index (Phi) is 4.73. The second kappa shape index (κ2) is 6.52. The molecule has 0 saturated carbocycles. The van der Waals surface area contributed by atoms with Crippen molar-refractivity contribution in [3.05, 3.63) is 46.9 Å². The van der Waals surface area contributed by atoms with Crippen LogP contribution in [0.5, 0.6) is 0 Å². The smallest absolute Gasteiger partial charge is 0.226 e. The van der Waals surface area contributed by atoms with E-state index in [4.69, 9.17) is 5.73 Å². The van der Waals surface area contributed by atoms with E-state index in [-0.39, 0.29) is 17.6 Å². The summed E-state index contributed by atoms with van der Waals surface area (Å²) in [4.78, 5) is 16.3. The largest absolute Gasteiger partial charge is 0.402 e. The second-order valence-corrected chi connectivity index (χ2v) is 5.18. The monoisotopic (exact) mass is 289 g/mol. The zero-order valence-corrected chi connectivity index (χ0v) is 12.3. The van der Waals surface area contributed by atoms with Crippen molar-refractivity contribution < 1.29 is 9.18 Å². The Hall–Kier alpha value is -2.17. The number of aliphatic imine (C=N–C) groups is 1. The molecule has 1 unspecified atom stereocenters. The molecule has 1 aromatic carbocycles. The molecule has 5 heteroatoms. The van der Waals surface area contributed by atoms with Gasteiger partial charge in [-0.25, -0.2) is 4.39 Å². The van der Waals surface area contributed by atoms with Gasteiger partial charge in [0.15, 0.2) is 0 Å². The zero-order chi connectivity index (χ0) is 15.4. The Morgan fingerprint density at radius 1 is 1.43 bits per heavy atom. The molecule has 1 heterocycles. The number of nitrogens with one attached hydrogen (secondary N) is 1. The average molecular weight is 289 g/mol. The predicted molar refractivity (Wildman–Crippen MR) is 81.4 cm³/mol. The zero-order valence-electron chi connectivity index (χ0n) is 12.3. The molecule has 1 aliphatic rings. The Balaban J connectivity index is 2.44. The molecule has 0 radical (unpaired) electrons. The fourth-order valence-corrected chi connectivity index (χ4v) is 2.49. The van der Waals surface area contributed by atoms with Gasteiger partial charge in [-0.05, 0) is 31.0 Å². The number of nitrogens with zero attached hydrogens (tertiary/aromatic N) is 1. The molecule has 1 saturated heterocycles. The van der Waals surface area contributed by atoms with Crippen molar-refractivity contribution in [2.75, 3.05) is 6.54 Å². The third-order valence-corrected chi connectivity index (χ3v) is 3.44. The number of hydrogen-bond donors (Lipinski definition) is 2. The molecule has 0 aliphatic carbocycles. The van der Waals surface area contributed by atoms with Gasteiger partial charge in [0.05, 0.1) is 0 Å². The van der Waals surface area contributed by atoms with Crippen LogP contribution in [0.4, 0.5) is 4.39 Å². The van der Waals surface area contributed by atoms with Crippen molar-refractivity contribution in [1.82, 2.24) is 5.32 Å². The SMILES string of the molecule is CCCN=C1NC(=O)CC(c2ccc(F)cc2)/C1=C(\C)N. The molecular formula is C16H20FN3O. The molecule has 0 aromatic heterocycles. The predicted octanol–water partition coefficient (Wildman–Crippen LogP) is 2.47. The molecular weight excluding hydrogens is 269 g/mol. The summed E-state index contributed by atoms with van der Waals surface area (Å²) >= 11 is 0.